The minimum atomic E-state index is -0.528. The fourth-order valence-electron chi connectivity index (χ4n) is 1.70. The Morgan fingerprint density at radius 3 is 2.75 bits per heavy atom. The van der Waals surface area contributed by atoms with Crippen LogP contribution in [0.1, 0.15) is 33.6 Å². The molecule has 0 aromatic carbocycles. The second-order valence-electron chi connectivity index (χ2n) is 4.24. The van der Waals surface area contributed by atoms with Gasteiger partial charge >= 0.3 is 5.97 Å². The zero-order valence-electron chi connectivity index (χ0n) is 9.98. The van der Waals surface area contributed by atoms with Gasteiger partial charge in [-0.05, 0) is 27.2 Å². The van der Waals surface area contributed by atoms with E-state index < -0.39 is 6.10 Å². The van der Waals surface area contributed by atoms with Gasteiger partial charge in [0.2, 0.25) is 0 Å². The van der Waals surface area contributed by atoms with E-state index in [4.69, 9.17) is 21.1 Å². The lowest BCUT2D eigenvalue weighted by molar-refractivity contribution is -0.166. The smallest absolute Gasteiger partial charge is 0.335 e. The molecule has 1 aliphatic rings. The van der Waals surface area contributed by atoms with E-state index >= 15 is 0 Å². The summed E-state index contributed by atoms with van der Waals surface area (Å²) < 4.78 is 10.7. The highest BCUT2D eigenvalue weighted by molar-refractivity contribution is 6.20. The van der Waals surface area contributed by atoms with Crippen LogP contribution >= 0.6 is 11.6 Å². The molecular formula is C12H19ClO3. The molecule has 92 valence electrons. The van der Waals surface area contributed by atoms with Crippen LogP contribution in [0, 0.1) is 0 Å². The summed E-state index contributed by atoms with van der Waals surface area (Å²) in [5.74, 6) is -0.310. The highest BCUT2D eigenvalue weighted by atomic mass is 35.5. The molecule has 0 aromatic heterocycles. The van der Waals surface area contributed by atoms with E-state index in [1.165, 1.54) is 0 Å². The largest absolute Gasteiger partial charge is 0.461 e. The van der Waals surface area contributed by atoms with Gasteiger partial charge < -0.3 is 9.47 Å². The Kier molecular flexibility index (Phi) is 5.29. The third kappa shape index (κ3) is 4.14. The van der Waals surface area contributed by atoms with Crippen LogP contribution < -0.4 is 0 Å². The maximum atomic E-state index is 11.7. The Morgan fingerprint density at radius 1 is 1.50 bits per heavy atom. The minimum Gasteiger partial charge on any atom is -0.461 e. The predicted molar refractivity (Wildman–Crippen MR) is 63.6 cm³/mol. The molecule has 1 saturated heterocycles. The molecule has 1 rings (SSSR count). The molecular weight excluding hydrogens is 228 g/mol. The molecule has 1 heterocycles. The van der Waals surface area contributed by atoms with Crippen LogP contribution in [0.25, 0.3) is 0 Å². The van der Waals surface area contributed by atoms with Crippen molar-refractivity contribution in [2.45, 2.75) is 57.3 Å². The molecule has 16 heavy (non-hydrogen) atoms. The number of rotatable bonds is 3. The average molecular weight is 247 g/mol. The van der Waals surface area contributed by atoms with Crippen molar-refractivity contribution < 1.29 is 14.3 Å². The number of carbonyl (C=O) groups is 1. The summed E-state index contributed by atoms with van der Waals surface area (Å²) in [6.45, 7) is 5.56. The molecule has 0 bridgehead atoms. The summed E-state index contributed by atoms with van der Waals surface area (Å²) in [5, 5.41) is -0.0281. The van der Waals surface area contributed by atoms with E-state index in [0.29, 0.717) is 6.42 Å². The van der Waals surface area contributed by atoms with Crippen LogP contribution in [0.2, 0.25) is 0 Å². The van der Waals surface area contributed by atoms with Gasteiger partial charge in [0, 0.05) is 11.8 Å². The standard InChI is InChI=1S/C12H19ClO3/c1-4-5-10-6-9(13)7-11(16-10)12(14)15-8(2)3/h4-5,8-11H,6-7H2,1-3H3/b5-4+/t9-,10+,11+/m1/s1. The predicted octanol–water partition coefficient (Wildman–Crippen LogP) is 2.67. The van der Waals surface area contributed by atoms with Gasteiger partial charge in [0.25, 0.3) is 0 Å². The molecule has 1 fully saturated rings. The summed E-state index contributed by atoms with van der Waals surface area (Å²) in [7, 11) is 0. The molecule has 1 aliphatic heterocycles. The summed E-state index contributed by atoms with van der Waals surface area (Å²) >= 11 is 6.10. The molecule has 0 amide bonds. The van der Waals surface area contributed by atoms with E-state index in [1.54, 1.807) is 0 Å². The van der Waals surface area contributed by atoms with E-state index in [0.717, 1.165) is 6.42 Å². The van der Waals surface area contributed by atoms with Crippen LogP contribution in [0.5, 0.6) is 0 Å². The molecule has 0 aromatic rings. The maximum absolute atomic E-state index is 11.7. The first-order valence-corrected chi connectivity index (χ1v) is 6.09. The van der Waals surface area contributed by atoms with E-state index in [-0.39, 0.29) is 23.6 Å². The molecule has 0 radical (unpaired) electrons. The molecule has 0 unspecified atom stereocenters. The summed E-state index contributed by atoms with van der Waals surface area (Å²) in [4.78, 5) is 11.7. The Morgan fingerprint density at radius 2 is 2.19 bits per heavy atom. The van der Waals surface area contributed by atoms with Crippen molar-refractivity contribution in [3.8, 4) is 0 Å². The van der Waals surface area contributed by atoms with Crippen molar-refractivity contribution in [2.75, 3.05) is 0 Å². The van der Waals surface area contributed by atoms with Gasteiger partial charge in [-0.2, -0.15) is 0 Å². The number of esters is 1. The SMILES string of the molecule is C/C=C/[C@H]1C[C@@H](Cl)C[C@@H](C(=O)OC(C)C)O1. The van der Waals surface area contributed by atoms with Gasteiger partial charge in [0.1, 0.15) is 0 Å². The molecule has 4 heteroatoms. The lowest BCUT2D eigenvalue weighted by Gasteiger charge is -2.30. The zero-order chi connectivity index (χ0) is 12.1. The fourth-order valence-corrected chi connectivity index (χ4v) is 2.04. The van der Waals surface area contributed by atoms with Crippen molar-refractivity contribution in [1.29, 1.82) is 0 Å². The van der Waals surface area contributed by atoms with Crippen molar-refractivity contribution in [3.05, 3.63) is 12.2 Å². The maximum Gasteiger partial charge on any atom is 0.335 e. The quantitative estimate of drug-likeness (QED) is 0.436. The third-order valence-electron chi connectivity index (χ3n) is 2.32. The van der Waals surface area contributed by atoms with Gasteiger partial charge in [-0.3, -0.25) is 0 Å². The first-order valence-electron chi connectivity index (χ1n) is 5.65. The highest BCUT2D eigenvalue weighted by Crippen LogP contribution is 2.25. The monoisotopic (exact) mass is 246 g/mol. The average Bonchev–Trinajstić information content (AvgIpc) is 2.16. The minimum absolute atomic E-state index is 0.0281. The van der Waals surface area contributed by atoms with Crippen LogP contribution in [-0.2, 0) is 14.3 Å². The van der Waals surface area contributed by atoms with Gasteiger partial charge in [-0.25, -0.2) is 4.79 Å². The van der Waals surface area contributed by atoms with Crippen molar-refractivity contribution in [2.24, 2.45) is 0 Å². The second kappa shape index (κ2) is 6.26. The topological polar surface area (TPSA) is 35.5 Å². The normalized spacial score (nSPS) is 30.9. The zero-order valence-corrected chi connectivity index (χ0v) is 10.7. The number of hydrogen-bond donors (Lipinski definition) is 0. The van der Waals surface area contributed by atoms with E-state index in [1.807, 2.05) is 32.9 Å². The van der Waals surface area contributed by atoms with Gasteiger partial charge in [0.05, 0.1) is 12.2 Å². The number of carbonyl (C=O) groups excluding carboxylic acids is 1. The van der Waals surface area contributed by atoms with E-state index in [9.17, 15) is 4.79 Å². The Hall–Kier alpha value is -0.540. The third-order valence-corrected chi connectivity index (χ3v) is 2.68. The molecule has 0 spiro atoms. The molecule has 3 atom stereocenters. The molecule has 0 saturated carbocycles. The Bertz CT molecular complexity index is 263. The van der Waals surface area contributed by atoms with Gasteiger partial charge in [0.15, 0.2) is 6.10 Å². The number of ether oxygens (including phenoxy) is 2. The number of hydrogen-bond acceptors (Lipinski definition) is 3. The van der Waals surface area contributed by atoms with E-state index in [2.05, 4.69) is 0 Å². The van der Waals surface area contributed by atoms with Gasteiger partial charge in [-0.1, -0.05) is 12.2 Å². The van der Waals surface area contributed by atoms with Crippen LogP contribution in [0.4, 0.5) is 0 Å². The highest BCUT2D eigenvalue weighted by Gasteiger charge is 2.33. The molecule has 0 N–H and O–H groups in total. The van der Waals surface area contributed by atoms with Crippen molar-refractivity contribution >= 4 is 17.6 Å². The second-order valence-corrected chi connectivity index (χ2v) is 4.86. The van der Waals surface area contributed by atoms with Crippen LogP contribution in [0.3, 0.4) is 0 Å². The first kappa shape index (κ1) is 13.5. The first-order chi connectivity index (χ1) is 7.52. The van der Waals surface area contributed by atoms with Gasteiger partial charge in [-0.15, -0.1) is 11.6 Å². The lowest BCUT2D eigenvalue weighted by Crippen LogP contribution is -2.39. The number of halogens is 1. The fraction of sp³-hybridized carbons (Fsp3) is 0.750. The lowest BCUT2D eigenvalue weighted by atomic mass is 10.0. The summed E-state index contributed by atoms with van der Waals surface area (Å²) in [6.07, 6.45) is 4.38. The van der Waals surface area contributed by atoms with Crippen molar-refractivity contribution in [3.63, 3.8) is 0 Å². The number of alkyl halides is 1. The number of allylic oxidation sites excluding steroid dienone is 1. The van der Waals surface area contributed by atoms with Crippen molar-refractivity contribution in [1.82, 2.24) is 0 Å². The van der Waals surface area contributed by atoms with Crippen LogP contribution in [0.15, 0.2) is 12.2 Å². The summed E-state index contributed by atoms with van der Waals surface area (Å²) in [5.41, 5.74) is 0. The summed E-state index contributed by atoms with van der Waals surface area (Å²) in [6, 6.07) is 0. The molecule has 0 aliphatic carbocycles. The Labute approximate surface area is 102 Å². The van der Waals surface area contributed by atoms with Crippen LogP contribution in [-0.4, -0.2) is 29.7 Å². The Balaban J connectivity index is 2.56. The molecule has 3 nitrogen and oxygen atoms in total.